The van der Waals surface area contributed by atoms with Crippen molar-refractivity contribution in [1.29, 1.82) is 0 Å². The molecule has 0 bridgehead atoms. The molecule has 4 fully saturated rings. The molecular weight excluding hydrogens is 897 g/mol. The van der Waals surface area contributed by atoms with E-state index in [4.69, 9.17) is 23.7 Å². The third-order valence-corrected chi connectivity index (χ3v) is 15.2. The first-order valence-electron chi connectivity index (χ1n) is 25.3. The smallest absolute Gasteiger partial charge is 0.339 e. The molecule has 8 atom stereocenters. The molecule has 1 unspecified atom stereocenters. The number of esters is 2. The molecule has 0 spiro atoms. The fraction of sp³-hybridized carbons (Fsp3) is 0.458. The number of epoxide rings is 1. The summed E-state index contributed by atoms with van der Waals surface area (Å²) in [7, 11) is 0. The monoisotopic (exact) mass is 964 g/mol. The summed E-state index contributed by atoms with van der Waals surface area (Å²) in [5.74, 6) is -2.14. The highest BCUT2D eigenvalue weighted by atomic mass is 16.8. The standard InChI is InChI=1S/C59H68N2O10/c1-56(2,3)70-51(63)27-25-44(36-62)61-54(65)40-18-15-16-37(30-40)35-60-53(64)41-32-48(52-49(33-41)68-59(71-52,42-19-9-7-10-20-42)43-21-11-8-12-22-43)67-55(66)45-23-14-13-17-38(45)31-39-24-26-50-58(6,69-50)29-28-47-46(39)34-57(47,4)5/h7-23,30-31,33,44,46-50,52,62H,24-29,32,34-36H2,1-6H3,(H,60,64)(H,61,65)/t44-,46+,47+,48+,49+,50?,52-,58+/m0/s1. The maximum Gasteiger partial charge on any atom is 0.339 e. The average molecular weight is 965 g/mol. The highest BCUT2D eigenvalue weighted by Crippen LogP contribution is 2.60. The van der Waals surface area contributed by atoms with Crippen molar-refractivity contribution in [3.8, 4) is 0 Å². The van der Waals surface area contributed by atoms with Gasteiger partial charge in [0.2, 0.25) is 11.7 Å². The molecule has 0 aromatic heterocycles. The molecule has 9 rings (SSSR count). The summed E-state index contributed by atoms with van der Waals surface area (Å²) in [5, 5.41) is 15.8. The zero-order chi connectivity index (χ0) is 50.1. The second-order valence-electron chi connectivity index (χ2n) is 21.9. The van der Waals surface area contributed by atoms with Crippen LogP contribution in [0.1, 0.15) is 136 Å². The molecule has 2 saturated heterocycles. The number of amides is 2. The van der Waals surface area contributed by atoms with Crippen LogP contribution in [-0.2, 0) is 45.6 Å². The Morgan fingerprint density at radius 3 is 2.24 bits per heavy atom. The van der Waals surface area contributed by atoms with Crippen LogP contribution in [0.3, 0.4) is 0 Å². The number of hydrogen-bond donors (Lipinski definition) is 3. The minimum absolute atomic E-state index is 0.0321. The Hall–Kier alpha value is -5.92. The summed E-state index contributed by atoms with van der Waals surface area (Å²) < 4.78 is 32.2. The Morgan fingerprint density at radius 1 is 0.845 bits per heavy atom. The molecular formula is C59H68N2O10. The predicted molar refractivity (Wildman–Crippen MR) is 269 cm³/mol. The van der Waals surface area contributed by atoms with Crippen molar-refractivity contribution in [2.24, 2.45) is 17.3 Å². The summed E-state index contributed by atoms with van der Waals surface area (Å²) in [6.45, 7) is 12.1. The Morgan fingerprint density at radius 2 is 1.55 bits per heavy atom. The van der Waals surface area contributed by atoms with Crippen molar-refractivity contribution in [2.75, 3.05) is 6.61 Å². The zero-order valence-corrected chi connectivity index (χ0v) is 41.8. The quantitative estimate of drug-likeness (QED) is 0.0820. The number of fused-ring (bicyclic) bond motifs is 3. The number of ether oxygens (including phenoxy) is 5. The zero-order valence-electron chi connectivity index (χ0n) is 41.8. The van der Waals surface area contributed by atoms with E-state index in [1.165, 1.54) is 5.57 Å². The van der Waals surface area contributed by atoms with Gasteiger partial charge in [-0.05, 0) is 119 Å². The van der Waals surface area contributed by atoms with Crippen molar-refractivity contribution >= 4 is 29.8 Å². The lowest BCUT2D eigenvalue weighted by Gasteiger charge is -2.53. The lowest BCUT2D eigenvalue weighted by atomic mass is 9.52. The molecule has 5 aliphatic rings. The molecule has 0 radical (unpaired) electrons. The van der Waals surface area contributed by atoms with Gasteiger partial charge in [0.25, 0.3) is 5.91 Å². The molecule has 4 aromatic rings. The minimum Gasteiger partial charge on any atom is -0.460 e. The number of aliphatic hydroxyl groups is 1. The second kappa shape index (κ2) is 20.3. The van der Waals surface area contributed by atoms with Crippen LogP contribution in [0.5, 0.6) is 0 Å². The van der Waals surface area contributed by atoms with Crippen molar-refractivity contribution in [1.82, 2.24) is 10.6 Å². The number of benzene rings is 4. The van der Waals surface area contributed by atoms with E-state index in [1.807, 2.05) is 84.9 Å². The van der Waals surface area contributed by atoms with Gasteiger partial charge in [0, 0.05) is 41.6 Å². The molecule has 2 aliphatic heterocycles. The maximum atomic E-state index is 14.7. The average Bonchev–Trinajstić information content (AvgIpc) is 3.81. The number of nitrogens with one attached hydrogen (secondary N) is 2. The van der Waals surface area contributed by atoms with E-state index in [0.29, 0.717) is 34.1 Å². The Bertz CT molecular complexity index is 2630. The number of aliphatic hydroxyl groups excluding tert-OH is 1. The third kappa shape index (κ3) is 11.1. The highest BCUT2D eigenvalue weighted by molar-refractivity contribution is 5.96. The van der Waals surface area contributed by atoms with Crippen LogP contribution in [0.25, 0.3) is 6.08 Å². The maximum absolute atomic E-state index is 14.7. The van der Waals surface area contributed by atoms with E-state index in [9.17, 15) is 24.3 Å². The molecule has 12 heteroatoms. The van der Waals surface area contributed by atoms with Gasteiger partial charge in [0.05, 0.1) is 29.9 Å². The van der Waals surface area contributed by atoms with Gasteiger partial charge in [-0.25, -0.2) is 4.79 Å². The SMILES string of the molecule is CC(C)(C)OC(=O)CC[C@@H](CO)NC(=O)c1cccc(CNC(=O)C2=C[C@H]3OC(c4ccccc4)(c4ccccc4)O[C@H]3[C@H](OC(=O)c3ccccc3C=C3CCC4O[C@]4(C)CC[C@@H]4[C@@H]3CC4(C)C)C2)c1. The van der Waals surface area contributed by atoms with Crippen molar-refractivity contribution < 1.29 is 48.0 Å². The van der Waals surface area contributed by atoms with E-state index in [2.05, 4.69) is 37.5 Å². The molecule has 3 aliphatic carbocycles. The molecule has 2 amide bonds. The van der Waals surface area contributed by atoms with Crippen LogP contribution in [-0.4, -0.2) is 77.1 Å². The minimum atomic E-state index is -1.37. The predicted octanol–water partition coefficient (Wildman–Crippen LogP) is 9.53. The first-order chi connectivity index (χ1) is 33.9. The largest absolute Gasteiger partial charge is 0.460 e. The molecule has 3 N–H and O–H groups in total. The number of hydrogen-bond acceptors (Lipinski definition) is 10. The molecule has 71 heavy (non-hydrogen) atoms. The van der Waals surface area contributed by atoms with Gasteiger partial charge in [-0.15, -0.1) is 0 Å². The van der Waals surface area contributed by atoms with Gasteiger partial charge in [-0.3, -0.25) is 14.4 Å². The first-order valence-corrected chi connectivity index (χ1v) is 25.3. The van der Waals surface area contributed by atoms with E-state index in [1.54, 1.807) is 51.1 Å². The van der Waals surface area contributed by atoms with Crippen LogP contribution < -0.4 is 10.6 Å². The molecule has 2 heterocycles. The molecule has 4 aromatic carbocycles. The van der Waals surface area contributed by atoms with Crippen LogP contribution in [0.4, 0.5) is 0 Å². The molecule has 2 saturated carbocycles. The normalized spacial score (nSPS) is 27.1. The number of carbonyl (C=O) groups is 4. The van der Waals surface area contributed by atoms with Gasteiger partial charge in [0.15, 0.2) is 0 Å². The first kappa shape index (κ1) is 50.0. The van der Waals surface area contributed by atoms with E-state index < -0.39 is 53.6 Å². The summed E-state index contributed by atoms with van der Waals surface area (Å²) in [6, 6.07) is 33.1. The van der Waals surface area contributed by atoms with Crippen molar-refractivity contribution in [3.63, 3.8) is 0 Å². The summed E-state index contributed by atoms with van der Waals surface area (Å²) in [4.78, 5) is 54.7. The Balaban J connectivity index is 0.950. The van der Waals surface area contributed by atoms with Crippen LogP contribution >= 0.6 is 0 Å². The van der Waals surface area contributed by atoms with Gasteiger partial charge in [-0.2, -0.15) is 0 Å². The topological polar surface area (TPSA) is 162 Å². The van der Waals surface area contributed by atoms with Crippen molar-refractivity contribution in [2.45, 2.75) is 147 Å². The van der Waals surface area contributed by atoms with E-state index in [-0.39, 0.29) is 55.4 Å². The van der Waals surface area contributed by atoms with Gasteiger partial charge in [0.1, 0.15) is 23.9 Å². The van der Waals surface area contributed by atoms with E-state index in [0.717, 1.165) is 48.8 Å². The van der Waals surface area contributed by atoms with Gasteiger partial charge in [-0.1, -0.05) is 116 Å². The van der Waals surface area contributed by atoms with Crippen LogP contribution in [0.15, 0.2) is 126 Å². The highest BCUT2D eigenvalue weighted by Gasteiger charge is 2.57. The number of allylic oxidation sites excluding steroid dienone is 1. The third-order valence-electron chi connectivity index (χ3n) is 15.2. The lowest BCUT2D eigenvalue weighted by molar-refractivity contribution is -0.157. The molecule has 12 nitrogen and oxygen atoms in total. The Kier molecular flexibility index (Phi) is 14.3. The lowest BCUT2D eigenvalue weighted by Crippen LogP contribution is -2.45. The fourth-order valence-electron chi connectivity index (χ4n) is 11.3. The van der Waals surface area contributed by atoms with Crippen molar-refractivity contribution in [3.05, 3.63) is 160 Å². The molecule has 374 valence electrons. The van der Waals surface area contributed by atoms with E-state index >= 15 is 0 Å². The number of rotatable bonds is 14. The summed E-state index contributed by atoms with van der Waals surface area (Å²) in [5.41, 5.74) is 5.00. The number of carbonyl (C=O) groups excluding carboxylic acids is 4. The summed E-state index contributed by atoms with van der Waals surface area (Å²) in [6.07, 6.45) is 7.21. The van der Waals surface area contributed by atoms with Gasteiger partial charge >= 0.3 is 11.9 Å². The summed E-state index contributed by atoms with van der Waals surface area (Å²) >= 11 is 0. The van der Waals surface area contributed by atoms with Crippen LogP contribution in [0, 0.1) is 17.3 Å². The van der Waals surface area contributed by atoms with Gasteiger partial charge < -0.3 is 39.4 Å². The van der Waals surface area contributed by atoms with Crippen LogP contribution in [0.2, 0.25) is 0 Å². The second-order valence-corrected chi connectivity index (χ2v) is 21.9. The fourth-order valence-corrected chi connectivity index (χ4v) is 11.3. The Labute approximate surface area is 417 Å².